The molecule has 2 aromatic rings. The van der Waals surface area contributed by atoms with Crippen molar-refractivity contribution in [1.82, 2.24) is 10.2 Å². The van der Waals surface area contributed by atoms with Crippen LogP contribution in [0.15, 0.2) is 42.5 Å². The number of sulfonamides is 1. The molecule has 0 saturated heterocycles. The third kappa shape index (κ3) is 7.02. The van der Waals surface area contributed by atoms with E-state index in [-0.39, 0.29) is 18.1 Å². The minimum atomic E-state index is -3.84. The molecule has 0 fully saturated rings. The third-order valence-electron chi connectivity index (χ3n) is 5.45. The highest BCUT2D eigenvalue weighted by atomic mass is 35.5. The number of benzene rings is 2. The van der Waals surface area contributed by atoms with Crippen molar-refractivity contribution < 1.29 is 27.5 Å². The normalized spacial score (nSPS) is 13.6. The van der Waals surface area contributed by atoms with Crippen molar-refractivity contribution in [2.75, 3.05) is 36.9 Å². The first-order valence-corrected chi connectivity index (χ1v) is 13.5. The molecule has 9 nitrogen and oxygen atoms in total. The first kappa shape index (κ1) is 26.6. The lowest BCUT2D eigenvalue weighted by atomic mass is 10.1. The molecule has 2 aromatic carbocycles. The van der Waals surface area contributed by atoms with Gasteiger partial charge in [0.2, 0.25) is 21.8 Å². The van der Waals surface area contributed by atoms with E-state index in [1.165, 1.54) is 11.0 Å². The average molecular weight is 524 g/mol. The van der Waals surface area contributed by atoms with Gasteiger partial charge in [0, 0.05) is 24.2 Å². The number of amides is 2. The van der Waals surface area contributed by atoms with Gasteiger partial charge in [0.1, 0.15) is 25.8 Å². The Morgan fingerprint density at radius 2 is 1.83 bits per heavy atom. The first-order valence-electron chi connectivity index (χ1n) is 11.3. The van der Waals surface area contributed by atoms with Crippen LogP contribution in [-0.2, 0) is 26.2 Å². The molecule has 190 valence electrons. The van der Waals surface area contributed by atoms with Gasteiger partial charge in [-0.1, -0.05) is 30.7 Å². The predicted molar refractivity (Wildman–Crippen MR) is 134 cm³/mol. The van der Waals surface area contributed by atoms with Crippen molar-refractivity contribution in [2.24, 2.45) is 0 Å². The summed E-state index contributed by atoms with van der Waals surface area (Å²) in [5.74, 6) is 0.0402. The number of hydrogen-bond acceptors (Lipinski definition) is 6. The second-order valence-electron chi connectivity index (χ2n) is 8.22. The van der Waals surface area contributed by atoms with Crippen LogP contribution in [0.25, 0.3) is 0 Å². The molecule has 1 unspecified atom stereocenters. The molecule has 1 atom stereocenters. The van der Waals surface area contributed by atoms with Crippen LogP contribution in [0.3, 0.4) is 0 Å². The number of nitrogens with zero attached hydrogens (tertiary/aromatic N) is 2. The Bertz CT molecular complexity index is 1170. The van der Waals surface area contributed by atoms with Crippen molar-refractivity contribution in [3.05, 3.63) is 53.1 Å². The summed E-state index contributed by atoms with van der Waals surface area (Å²) in [6.07, 6.45) is 1.77. The number of nitrogens with one attached hydrogen (secondary N) is 1. The van der Waals surface area contributed by atoms with Crippen LogP contribution < -0.4 is 19.1 Å². The lowest BCUT2D eigenvalue weighted by Gasteiger charge is -2.31. The molecule has 1 aliphatic heterocycles. The van der Waals surface area contributed by atoms with E-state index in [0.29, 0.717) is 41.8 Å². The maximum absolute atomic E-state index is 13.5. The zero-order valence-corrected chi connectivity index (χ0v) is 21.6. The van der Waals surface area contributed by atoms with Crippen LogP contribution in [0, 0.1) is 0 Å². The minimum Gasteiger partial charge on any atom is -0.486 e. The highest BCUT2D eigenvalue weighted by Crippen LogP contribution is 2.34. The Balaban J connectivity index is 1.90. The van der Waals surface area contributed by atoms with Gasteiger partial charge in [-0.2, -0.15) is 0 Å². The third-order valence-corrected chi connectivity index (χ3v) is 6.83. The molecule has 0 spiro atoms. The molecule has 35 heavy (non-hydrogen) atoms. The molecule has 1 N–H and O–H groups in total. The first-order chi connectivity index (χ1) is 16.6. The van der Waals surface area contributed by atoms with Gasteiger partial charge in [0.25, 0.3) is 0 Å². The predicted octanol–water partition coefficient (Wildman–Crippen LogP) is 2.82. The summed E-state index contributed by atoms with van der Waals surface area (Å²) in [5, 5.41) is 3.29. The number of carbonyl (C=O) groups is 2. The fourth-order valence-corrected chi connectivity index (χ4v) is 4.67. The molecule has 11 heteroatoms. The molecule has 0 saturated carbocycles. The van der Waals surface area contributed by atoms with E-state index in [0.717, 1.165) is 17.0 Å². The monoisotopic (exact) mass is 523 g/mol. The lowest BCUT2D eigenvalue weighted by Crippen LogP contribution is -2.51. The molecule has 3 rings (SSSR count). The van der Waals surface area contributed by atoms with Gasteiger partial charge in [0.15, 0.2) is 11.5 Å². The molecular weight excluding hydrogens is 494 g/mol. The zero-order valence-electron chi connectivity index (χ0n) is 20.0. The van der Waals surface area contributed by atoms with E-state index in [2.05, 4.69) is 5.32 Å². The minimum absolute atomic E-state index is 0.0822. The molecule has 1 heterocycles. The van der Waals surface area contributed by atoms with Gasteiger partial charge in [-0.15, -0.1) is 0 Å². The molecule has 0 aliphatic carbocycles. The molecule has 0 aromatic heterocycles. The van der Waals surface area contributed by atoms with Crippen molar-refractivity contribution in [2.45, 2.75) is 32.9 Å². The number of fused-ring (bicyclic) bond motifs is 1. The van der Waals surface area contributed by atoms with Crippen molar-refractivity contribution >= 4 is 39.1 Å². The lowest BCUT2D eigenvalue weighted by molar-refractivity contribution is -0.139. The summed E-state index contributed by atoms with van der Waals surface area (Å²) in [5.41, 5.74) is 0.974. The summed E-state index contributed by atoms with van der Waals surface area (Å²) in [4.78, 5) is 27.6. The standard InChI is InChI=1S/C24H30ClN3O6S/c1-4-10-26-24(30)17(2)27(15-18-6-5-7-19(25)13-18)23(29)16-28(35(3,31)32)20-8-9-21-22(14-20)34-12-11-33-21/h5-9,13-14,17H,4,10-12,15-16H2,1-3H3,(H,26,30). The maximum atomic E-state index is 13.5. The largest absolute Gasteiger partial charge is 0.486 e. The van der Waals surface area contributed by atoms with Gasteiger partial charge in [-0.25, -0.2) is 8.42 Å². The van der Waals surface area contributed by atoms with E-state index < -0.39 is 28.5 Å². The quantitative estimate of drug-likeness (QED) is 0.513. The number of anilines is 1. The number of hydrogen-bond donors (Lipinski definition) is 1. The van der Waals surface area contributed by atoms with Gasteiger partial charge in [-0.3, -0.25) is 13.9 Å². The summed E-state index contributed by atoms with van der Waals surface area (Å²) >= 11 is 6.11. The number of rotatable bonds is 10. The molecule has 0 bridgehead atoms. The van der Waals surface area contributed by atoms with E-state index >= 15 is 0 Å². The summed E-state index contributed by atoms with van der Waals surface area (Å²) < 4.78 is 37.5. The zero-order chi connectivity index (χ0) is 25.6. The van der Waals surface area contributed by atoms with Crippen LogP contribution in [0.2, 0.25) is 5.02 Å². The Morgan fingerprint density at radius 3 is 2.49 bits per heavy atom. The number of ether oxygens (including phenoxy) is 2. The smallest absolute Gasteiger partial charge is 0.244 e. The topological polar surface area (TPSA) is 105 Å². The van der Waals surface area contributed by atoms with E-state index in [1.807, 2.05) is 6.92 Å². The van der Waals surface area contributed by atoms with E-state index in [4.69, 9.17) is 21.1 Å². The van der Waals surface area contributed by atoms with Crippen LogP contribution in [0.4, 0.5) is 5.69 Å². The number of halogens is 1. The Labute approximate surface area is 211 Å². The molecule has 1 aliphatic rings. The molecule has 0 radical (unpaired) electrons. The molecule has 2 amide bonds. The number of carbonyl (C=O) groups excluding carboxylic acids is 2. The Morgan fingerprint density at radius 1 is 1.11 bits per heavy atom. The van der Waals surface area contributed by atoms with Crippen molar-refractivity contribution in [3.8, 4) is 11.5 Å². The molecular formula is C24H30ClN3O6S. The Kier molecular flexibility index (Phi) is 8.85. The van der Waals surface area contributed by atoms with Gasteiger partial charge >= 0.3 is 0 Å². The van der Waals surface area contributed by atoms with Crippen LogP contribution in [-0.4, -0.2) is 63.7 Å². The Hall–Kier alpha value is -2.98. The van der Waals surface area contributed by atoms with Crippen LogP contribution in [0.1, 0.15) is 25.8 Å². The summed E-state index contributed by atoms with van der Waals surface area (Å²) in [6, 6.07) is 10.8. The van der Waals surface area contributed by atoms with E-state index in [9.17, 15) is 18.0 Å². The average Bonchev–Trinajstić information content (AvgIpc) is 2.82. The second kappa shape index (κ2) is 11.6. The van der Waals surface area contributed by atoms with Crippen LogP contribution in [0.5, 0.6) is 11.5 Å². The van der Waals surface area contributed by atoms with Gasteiger partial charge in [0.05, 0.1) is 11.9 Å². The van der Waals surface area contributed by atoms with Crippen molar-refractivity contribution in [1.29, 1.82) is 0 Å². The SMILES string of the molecule is CCCNC(=O)C(C)N(Cc1cccc(Cl)c1)C(=O)CN(c1ccc2c(c1)OCCO2)S(C)(=O)=O. The van der Waals surface area contributed by atoms with E-state index in [1.54, 1.807) is 43.3 Å². The maximum Gasteiger partial charge on any atom is 0.244 e. The highest BCUT2D eigenvalue weighted by molar-refractivity contribution is 7.92. The van der Waals surface area contributed by atoms with Crippen molar-refractivity contribution in [3.63, 3.8) is 0 Å². The summed E-state index contributed by atoms with van der Waals surface area (Å²) in [7, 11) is -3.84. The van der Waals surface area contributed by atoms with Crippen LogP contribution >= 0.6 is 11.6 Å². The highest BCUT2D eigenvalue weighted by Gasteiger charge is 2.30. The van der Waals surface area contributed by atoms with Gasteiger partial charge in [-0.05, 0) is 43.2 Å². The fraction of sp³-hybridized carbons (Fsp3) is 0.417. The van der Waals surface area contributed by atoms with Gasteiger partial charge < -0.3 is 19.7 Å². The fourth-order valence-electron chi connectivity index (χ4n) is 3.61. The summed E-state index contributed by atoms with van der Waals surface area (Å²) in [6.45, 7) is 4.33. The second-order valence-corrected chi connectivity index (χ2v) is 10.6.